The fraction of sp³-hybridized carbons (Fsp3) is 0.296. The van der Waals surface area contributed by atoms with Gasteiger partial charge in [0.25, 0.3) is 5.91 Å². The Morgan fingerprint density at radius 2 is 1.66 bits per heavy atom. The molecule has 7 nitrogen and oxygen atoms in total. The predicted molar refractivity (Wildman–Crippen MR) is 138 cm³/mol. The highest BCUT2D eigenvalue weighted by Gasteiger charge is 2.33. The Hall–Kier alpha value is -3.70. The fourth-order valence-corrected chi connectivity index (χ4v) is 5.19. The Morgan fingerprint density at radius 1 is 1.00 bits per heavy atom. The number of carbonyl (C=O) groups excluding carboxylic acids is 2. The molecule has 2 aliphatic rings. The van der Waals surface area contributed by atoms with Crippen molar-refractivity contribution in [3.05, 3.63) is 76.2 Å². The van der Waals surface area contributed by atoms with Gasteiger partial charge in [-0.3, -0.25) is 9.59 Å². The Morgan fingerprint density at radius 3 is 2.26 bits per heavy atom. The first-order chi connectivity index (χ1) is 17.1. The number of methoxy groups -OCH3 is 1. The van der Waals surface area contributed by atoms with Gasteiger partial charge in [0.2, 0.25) is 5.91 Å². The maximum absolute atomic E-state index is 13.5. The van der Waals surface area contributed by atoms with Crippen molar-refractivity contribution in [2.75, 3.05) is 38.2 Å². The number of benzene rings is 2. The van der Waals surface area contributed by atoms with Crippen molar-refractivity contribution in [1.82, 2.24) is 9.80 Å². The SMILES string of the molecule is CCCC(=O)N1CCN(C(=O)/C(C#N)=C2\SC=C(c3ccccc3)N2c2ccc(OC)cc2)CC1. The van der Waals surface area contributed by atoms with E-state index in [1.807, 2.05) is 71.8 Å². The predicted octanol–water partition coefficient (Wildman–Crippen LogP) is 4.45. The number of hydrogen-bond acceptors (Lipinski definition) is 6. The van der Waals surface area contributed by atoms with Crippen molar-refractivity contribution in [3.8, 4) is 11.8 Å². The average molecular weight is 489 g/mol. The summed E-state index contributed by atoms with van der Waals surface area (Å²) in [5, 5.41) is 12.6. The lowest BCUT2D eigenvalue weighted by Gasteiger charge is -2.35. The third-order valence-electron chi connectivity index (χ3n) is 6.05. The monoisotopic (exact) mass is 488 g/mol. The summed E-state index contributed by atoms with van der Waals surface area (Å²) >= 11 is 1.37. The molecule has 2 heterocycles. The molecule has 8 heteroatoms. The van der Waals surface area contributed by atoms with Gasteiger partial charge in [0.1, 0.15) is 22.4 Å². The van der Waals surface area contributed by atoms with Crippen LogP contribution in [-0.2, 0) is 9.59 Å². The minimum absolute atomic E-state index is 0.0985. The summed E-state index contributed by atoms with van der Waals surface area (Å²) in [5.41, 5.74) is 2.81. The highest BCUT2D eigenvalue weighted by Crippen LogP contribution is 2.45. The summed E-state index contributed by atoms with van der Waals surface area (Å²) in [6.45, 7) is 3.79. The molecular formula is C27H28N4O3S. The second-order valence-corrected chi connectivity index (χ2v) is 9.09. The van der Waals surface area contributed by atoms with Gasteiger partial charge in [0.15, 0.2) is 0 Å². The molecule has 35 heavy (non-hydrogen) atoms. The first-order valence-corrected chi connectivity index (χ1v) is 12.5. The third-order valence-corrected chi connectivity index (χ3v) is 7.00. The Balaban J connectivity index is 1.64. The van der Waals surface area contributed by atoms with Crippen LogP contribution in [0.25, 0.3) is 5.70 Å². The molecule has 2 amide bonds. The smallest absolute Gasteiger partial charge is 0.267 e. The summed E-state index contributed by atoms with van der Waals surface area (Å²) in [6, 6.07) is 19.6. The Bertz CT molecular complexity index is 1180. The first-order valence-electron chi connectivity index (χ1n) is 11.6. The molecule has 0 saturated carbocycles. The van der Waals surface area contributed by atoms with Gasteiger partial charge in [-0.1, -0.05) is 49.0 Å². The number of ether oxygens (including phenoxy) is 1. The van der Waals surface area contributed by atoms with Crippen molar-refractivity contribution >= 4 is 35.0 Å². The minimum Gasteiger partial charge on any atom is -0.497 e. The maximum atomic E-state index is 13.5. The topological polar surface area (TPSA) is 76.9 Å². The molecule has 0 bridgehead atoms. The van der Waals surface area contributed by atoms with Crippen LogP contribution in [-0.4, -0.2) is 54.9 Å². The van der Waals surface area contributed by atoms with E-state index in [2.05, 4.69) is 6.07 Å². The molecule has 2 aromatic rings. The van der Waals surface area contributed by atoms with Crippen LogP contribution in [0.3, 0.4) is 0 Å². The molecule has 1 saturated heterocycles. The second kappa shape index (κ2) is 11.2. The highest BCUT2D eigenvalue weighted by molar-refractivity contribution is 8.06. The number of amides is 2. The molecule has 0 aliphatic carbocycles. The molecule has 4 rings (SSSR count). The first kappa shape index (κ1) is 24.4. The molecule has 180 valence electrons. The van der Waals surface area contributed by atoms with Crippen LogP contribution in [0, 0.1) is 11.3 Å². The standard InChI is InChI=1S/C27H28N4O3S/c1-3-7-25(32)29-14-16-30(17-15-29)26(33)23(18-28)27-31(21-10-12-22(34-2)13-11-21)24(19-35-27)20-8-5-4-6-9-20/h4-6,8-13,19H,3,7,14-17H2,1-2H3/b27-23-. The van der Waals surface area contributed by atoms with Gasteiger partial charge < -0.3 is 19.4 Å². The van der Waals surface area contributed by atoms with Crippen molar-refractivity contribution < 1.29 is 14.3 Å². The quantitative estimate of drug-likeness (QED) is 0.442. The summed E-state index contributed by atoms with van der Waals surface area (Å²) in [4.78, 5) is 31.2. The van der Waals surface area contributed by atoms with Gasteiger partial charge in [0, 0.05) is 43.7 Å². The van der Waals surface area contributed by atoms with E-state index in [4.69, 9.17) is 4.74 Å². The minimum atomic E-state index is -0.307. The van der Waals surface area contributed by atoms with Gasteiger partial charge in [-0.25, -0.2) is 0 Å². The van der Waals surface area contributed by atoms with Gasteiger partial charge in [-0.05, 0) is 36.2 Å². The molecule has 0 unspecified atom stereocenters. The van der Waals surface area contributed by atoms with E-state index in [0.717, 1.165) is 29.1 Å². The van der Waals surface area contributed by atoms with Crippen LogP contribution in [0.5, 0.6) is 5.75 Å². The van der Waals surface area contributed by atoms with Crippen LogP contribution >= 0.6 is 11.8 Å². The highest BCUT2D eigenvalue weighted by atomic mass is 32.2. The zero-order valence-electron chi connectivity index (χ0n) is 19.9. The van der Waals surface area contributed by atoms with E-state index in [1.54, 1.807) is 16.9 Å². The summed E-state index contributed by atoms with van der Waals surface area (Å²) in [6.07, 6.45) is 1.32. The lowest BCUT2D eigenvalue weighted by Crippen LogP contribution is -2.51. The third kappa shape index (κ3) is 5.20. The summed E-state index contributed by atoms with van der Waals surface area (Å²) in [7, 11) is 1.61. The molecule has 1 fully saturated rings. The second-order valence-electron chi connectivity index (χ2n) is 8.24. The van der Waals surface area contributed by atoms with Crippen LogP contribution < -0.4 is 9.64 Å². The average Bonchev–Trinajstić information content (AvgIpc) is 3.34. The zero-order chi connectivity index (χ0) is 24.8. The van der Waals surface area contributed by atoms with Crippen LogP contribution in [0.4, 0.5) is 5.69 Å². The van der Waals surface area contributed by atoms with Crippen molar-refractivity contribution in [2.45, 2.75) is 19.8 Å². The molecule has 0 atom stereocenters. The van der Waals surface area contributed by atoms with Gasteiger partial charge >= 0.3 is 0 Å². The van der Waals surface area contributed by atoms with Gasteiger partial charge in [-0.15, -0.1) is 0 Å². The summed E-state index contributed by atoms with van der Waals surface area (Å²) < 4.78 is 5.31. The largest absolute Gasteiger partial charge is 0.497 e. The van der Waals surface area contributed by atoms with E-state index >= 15 is 0 Å². The zero-order valence-corrected chi connectivity index (χ0v) is 20.8. The number of rotatable bonds is 6. The molecule has 0 radical (unpaired) electrons. The fourth-order valence-electron chi connectivity index (χ4n) is 4.17. The number of hydrogen-bond donors (Lipinski definition) is 0. The number of nitrogens with zero attached hydrogens (tertiary/aromatic N) is 4. The van der Waals surface area contributed by atoms with E-state index in [9.17, 15) is 14.9 Å². The number of thioether (sulfide) groups is 1. The van der Waals surface area contributed by atoms with Crippen molar-refractivity contribution in [3.63, 3.8) is 0 Å². The molecule has 2 aromatic carbocycles. The number of anilines is 1. The van der Waals surface area contributed by atoms with E-state index < -0.39 is 0 Å². The van der Waals surface area contributed by atoms with Gasteiger partial charge in [-0.2, -0.15) is 5.26 Å². The molecule has 2 aliphatic heterocycles. The number of piperazine rings is 1. The van der Waals surface area contributed by atoms with Gasteiger partial charge in [0.05, 0.1) is 12.8 Å². The van der Waals surface area contributed by atoms with E-state index in [-0.39, 0.29) is 17.4 Å². The van der Waals surface area contributed by atoms with Crippen LogP contribution in [0.2, 0.25) is 0 Å². The summed E-state index contributed by atoms with van der Waals surface area (Å²) in [5.74, 6) is 0.537. The maximum Gasteiger partial charge on any atom is 0.267 e. The normalized spacial score (nSPS) is 17.1. The number of carbonyl (C=O) groups is 2. The van der Waals surface area contributed by atoms with Crippen molar-refractivity contribution in [1.29, 1.82) is 5.26 Å². The molecular weight excluding hydrogens is 460 g/mol. The Labute approximate surface area is 210 Å². The van der Waals surface area contributed by atoms with E-state index in [1.165, 1.54) is 11.8 Å². The molecule has 0 aromatic heterocycles. The number of nitriles is 1. The van der Waals surface area contributed by atoms with Crippen molar-refractivity contribution in [2.24, 2.45) is 0 Å². The van der Waals surface area contributed by atoms with E-state index in [0.29, 0.717) is 37.6 Å². The lowest BCUT2D eigenvalue weighted by molar-refractivity contribution is -0.137. The van der Waals surface area contributed by atoms with Crippen LogP contribution in [0.15, 0.2) is 70.6 Å². The molecule has 0 spiro atoms. The lowest BCUT2D eigenvalue weighted by atomic mass is 10.1. The van der Waals surface area contributed by atoms with Crippen LogP contribution in [0.1, 0.15) is 25.3 Å². The molecule has 0 N–H and O–H groups in total. The Kier molecular flexibility index (Phi) is 7.78.